The van der Waals surface area contributed by atoms with E-state index in [0.29, 0.717) is 5.17 Å². The van der Waals surface area contributed by atoms with Gasteiger partial charge in [0.25, 0.3) is 0 Å². The van der Waals surface area contributed by atoms with Crippen LogP contribution in [0.15, 0.2) is 40.1 Å². The lowest BCUT2D eigenvalue weighted by Crippen LogP contribution is -2.28. The fraction of sp³-hybridized carbons (Fsp3) is 0.455. The summed E-state index contributed by atoms with van der Waals surface area (Å²) in [7, 11) is 0. The molecule has 0 bridgehead atoms. The lowest BCUT2D eigenvalue weighted by Gasteiger charge is -2.28. The van der Waals surface area contributed by atoms with Crippen molar-refractivity contribution in [3.8, 4) is 0 Å². The molecule has 154 valence electrons. The number of rotatable bonds is 4. The van der Waals surface area contributed by atoms with Gasteiger partial charge in [0, 0.05) is 12.1 Å². The van der Waals surface area contributed by atoms with Crippen molar-refractivity contribution in [2.45, 2.75) is 59.1 Å². The van der Waals surface area contributed by atoms with Gasteiger partial charge in [0.05, 0.1) is 5.71 Å². The summed E-state index contributed by atoms with van der Waals surface area (Å²) in [6, 6.07) is 5.76. The molecule has 2 aliphatic rings. The monoisotopic (exact) mass is 412 g/mol. The maximum absolute atomic E-state index is 12.4. The first kappa shape index (κ1) is 21.3. The van der Waals surface area contributed by atoms with E-state index >= 15 is 0 Å². The molecule has 0 spiro atoms. The second-order valence-corrected chi connectivity index (χ2v) is 9.84. The standard InChI is InChI=1S/C22H28N4O2S/c1-13-8-17(12-22(4,5)11-13)25-26-21-24-20(28)18(29-21)10-19(27)23-16-7-6-14(2)15(3)9-16/h6-9,18H,10-12H2,1-5H3,(H,23,27)(H,24,26,28). The molecule has 1 aliphatic heterocycles. The molecule has 0 saturated carbocycles. The van der Waals surface area contributed by atoms with E-state index in [1.165, 1.54) is 22.9 Å². The fourth-order valence-corrected chi connectivity index (χ4v) is 4.57. The normalized spacial score (nSPS) is 23.8. The van der Waals surface area contributed by atoms with Crippen LogP contribution in [0.4, 0.5) is 5.69 Å². The van der Waals surface area contributed by atoms with Gasteiger partial charge in [-0.15, -0.1) is 5.10 Å². The maximum atomic E-state index is 12.4. The van der Waals surface area contributed by atoms with Crippen LogP contribution in [0.25, 0.3) is 0 Å². The van der Waals surface area contributed by atoms with Gasteiger partial charge in [-0.3, -0.25) is 9.59 Å². The number of nitrogens with one attached hydrogen (secondary N) is 2. The van der Waals surface area contributed by atoms with E-state index in [-0.39, 0.29) is 23.7 Å². The molecule has 29 heavy (non-hydrogen) atoms. The number of hydrogen-bond donors (Lipinski definition) is 2. The van der Waals surface area contributed by atoms with Crippen molar-refractivity contribution in [2.75, 3.05) is 5.32 Å². The summed E-state index contributed by atoms with van der Waals surface area (Å²) >= 11 is 1.25. The molecule has 1 aromatic carbocycles. The summed E-state index contributed by atoms with van der Waals surface area (Å²) in [5.41, 5.74) is 5.38. The van der Waals surface area contributed by atoms with Crippen LogP contribution >= 0.6 is 11.8 Å². The van der Waals surface area contributed by atoms with Gasteiger partial charge in [0.2, 0.25) is 11.8 Å². The van der Waals surface area contributed by atoms with Crippen molar-refractivity contribution < 1.29 is 9.59 Å². The van der Waals surface area contributed by atoms with Crippen LogP contribution in [-0.2, 0) is 9.59 Å². The van der Waals surface area contributed by atoms with Crippen molar-refractivity contribution in [3.63, 3.8) is 0 Å². The largest absolute Gasteiger partial charge is 0.326 e. The van der Waals surface area contributed by atoms with E-state index in [0.717, 1.165) is 29.8 Å². The number of nitrogens with zero attached hydrogens (tertiary/aromatic N) is 2. The average Bonchev–Trinajstić information content (AvgIpc) is 2.94. The Balaban J connectivity index is 1.60. The molecule has 1 unspecified atom stereocenters. The van der Waals surface area contributed by atoms with Gasteiger partial charge in [-0.1, -0.05) is 37.2 Å². The highest BCUT2D eigenvalue weighted by molar-refractivity contribution is 8.15. The number of aryl methyl sites for hydroxylation is 2. The first-order chi connectivity index (χ1) is 13.6. The number of amides is 2. The third-order valence-electron chi connectivity index (χ3n) is 5.04. The van der Waals surface area contributed by atoms with Crippen molar-refractivity contribution in [2.24, 2.45) is 15.6 Å². The van der Waals surface area contributed by atoms with E-state index in [4.69, 9.17) is 0 Å². The number of amidine groups is 1. The van der Waals surface area contributed by atoms with Gasteiger partial charge in [0.1, 0.15) is 5.25 Å². The average molecular weight is 413 g/mol. The van der Waals surface area contributed by atoms with Gasteiger partial charge in [-0.25, -0.2) is 0 Å². The van der Waals surface area contributed by atoms with Crippen LogP contribution in [-0.4, -0.2) is 27.9 Å². The Hall–Kier alpha value is -2.41. The Bertz CT molecular complexity index is 931. The molecule has 1 saturated heterocycles. The lowest BCUT2D eigenvalue weighted by atomic mass is 9.77. The van der Waals surface area contributed by atoms with E-state index in [2.05, 4.69) is 47.7 Å². The van der Waals surface area contributed by atoms with Crippen LogP contribution < -0.4 is 10.6 Å². The van der Waals surface area contributed by atoms with E-state index in [1.54, 1.807) is 0 Å². The zero-order chi connectivity index (χ0) is 21.2. The Morgan fingerprint density at radius 3 is 2.66 bits per heavy atom. The summed E-state index contributed by atoms with van der Waals surface area (Å²) in [6.45, 7) is 10.5. The van der Waals surface area contributed by atoms with Crippen LogP contribution in [0, 0.1) is 19.3 Å². The summed E-state index contributed by atoms with van der Waals surface area (Å²) in [5.74, 6) is -0.402. The molecule has 1 aliphatic carbocycles. The van der Waals surface area contributed by atoms with Gasteiger partial charge in [-0.2, -0.15) is 5.10 Å². The highest BCUT2D eigenvalue weighted by Crippen LogP contribution is 2.34. The molecule has 0 radical (unpaired) electrons. The Labute approximate surface area is 176 Å². The Morgan fingerprint density at radius 2 is 1.97 bits per heavy atom. The van der Waals surface area contributed by atoms with E-state index in [9.17, 15) is 9.59 Å². The molecule has 3 rings (SSSR count). The number of benzene rings is 1. The van der Waals surface area contributed by atoms with Crippen molar-refractivity contribution >= 4 is 40.1 Å². The molecular weight excluding hydrogens is 384 g/mol. The number of hydrogen-bond acceptors (Lipinski definition) is 5. The summed E-state index contributed by atoms with van der Waals surface area (Å²) < 4.78 is 0. The van der Waals surface area contributed by atoms with E-state index < -0.39 is 5.25 Å². The zero-order valence-corrected chi connectivity index (χ0v) is 18.4. The minimum absolute atomic E-state index is 0.0884. The molecular formula is C22H28N4O2S. The highest BCUT2D eigenvalue weighted by atomic mass is 32.2. The molecule has 2 N–H and O–H groups in total. The lowest BCUT2D eigenvalue weighted by molar-refractivity contribution is -0.122. The Morgan fingerprint density at radius 1 is 1.21 bits per heavy atom. The molecule has 6 nitrogen and oxygen atoms in total. The summed E-state index contributed by atoms with van der Waals surface area (Å²) in [4.78, 5) is 24.6. The quantitative estimate of drug-likeness (QED) is 0.722. The minimum atomic E-state index is -0.499. The second-order valence-electron chi connectivity index (χ2n) is 8.65. The SMILES string of the molecule is CC1=CC(=N/N=C2/NC(=O)C(CC(=O)Nc3ccc(C)c(C)c3)S2)CC(C)(C)C1. The molecule has 0 aromatic heterocycles. The minimum Gasteiger partial charge on any atom is -0.326 e. The first-order valence-electron chi connectivity index (χ1n) is 9.78. The van der Waals surface area contributed by atoms with Gasteiger partial charge < -0.3 is 10.6 Å². The maximum Gasteiger partial charge on any atom is 0.240 e. The predicted octanol–water partition coefficient (Wildman–Crippen LogP) is 4.34. The van der Waals surface area contributed by atoms with Crippen LogP contribution in [0.3, 0.4) is 0 Å². The number of carbonyl (C=O) groups is 2. The van der Waals surface area contributed by atoms with Gasteiger partial charge in [0.15, 0.2) is 5.17 Å². The third-order valence-corrected chi connectivity index (χ3v) is 6.11. The molecule has 7 heteroatoms. The first-order valence-corrected chi connectivity index (χ1v) is 10.7. The molecule has 1 aromatic rings. The van der Waals surface area contributed by atoms with Crippen molar-refractivity contribution in [3.05, 3.63) is 41.0 Å². The Kier molecular flexibility index (Phi) is 6.27. The fourth-order valence-electron chi connectivity index (χ4n) is 3.65. The molecule has 1 heterocycles. The van der Waals surface area contributed by atoms with Gasteiger partial charge in [-0.05, 0) is 68.4 Å². The molecule has 2 amide bonds. The predicted molar refractivity (Wildman–Crippen MR) is 120 cm³/mol. The van der Waals surface area contributed by atoms with E-state index in [1.807, 2.05) is 32.0 Å². The second kappa shape index (κ2) is 8.53. The number of thioether (sulfide) groups is 1. The summed E-state index contributed by atoms with van der Waals surface area (Å²) in [6.07, 6.45) is 4.05. The van der Waals surface area contributed by atoms with Gasteiger partial charge >= 0.3 is 0 Å². The number of anilines is 1. The van der Waals surface area contributed by atoms with Crippen molar-refractivity contribution in [1.29, 1.82) is 0 Å². The van der Waals surface area contributed by atoms with Crippen molar-refractivity contribution in [1.82, 2.24) is 5.32 Å². The number of carbonyl (C=O) groups excluding carboxylic acids is 2. The van der Waals surface area contributed by atoms with Crippen LogP contribution in [0.2, 0.25) is 0 Å². The highest BCUT2D eigenvalue weighted by Gasteiger charge is 2.32. The zero-order valence-electron chi connectivity index (χ0n) is 17.6. The smallest absolute Gasteiger partial charge is 0.240 e. The summed E-state index contributed by atoms with van der Waals surface area (Å²) in [5, 5.41) is 14.1. The van der Waals surface area contributed by atoms with Crippen LogP contribution in [0.5, 0.6) is 0 Å². The topological polar surface area (TPSA) is 82.9 Å². The molecule has 1 atom stereocenters. The number of allylic oxidation sites excluding steroid dienone is 2. The molecule has 1 fully saturated rings. The van der Waals surface area contributed by atoms with Crippen LogP contribution in [0.1, 0.15) is 51.2 Å². The third kappa shape index (κ3) is 5.79.